The molecule has 0 rings (SSSR count). The minimum atomic E-state index is -0.359. The number of methoxy groups -OCH3 is 1. The van der Waals surface area contributed by atoms with Crippen LogP contribution in [-0.2, 0) is 9.53 Å². The molecule has 0 heterocycles. The van der Waals surface area contributed by atoms with Crippen LogP contribution in [0.3, 0.4) is 0 Å². The minimum Gasteiger partial charge on any atom is -0.377 e. The van der Waals surface area contributed by atoms with Crippen LogP contribution in [0.1, 0.15) is 98.8 Å². The van der Waals surface area contributed by atoms with Crippen LogP contribution in [0.4, 0.5) is 0 Å². The maximum atomic E-state index is 12.4. The molecule has 0 fully saturated rings. The van der Waals surface area contributed by atoms with E-state index in [1.165, 1.54) is 69.5 Å². The lowest BCUT2D eigenvalue weighted by atomic mass is 9.81. The molecule has 0 saturated carbocycles. The van der Waals surface area contributed by atoms with E-state index in [-0.39, 0.29) is 16.6 Å². The summed E-state index contributed by atoms with van der Waals surface area (Å²) in [6.45, 7) is 10.6. The summed E-state index contributed by atoms with van der Waals surface area (Å²) >= 11 is 1.50. The number of carbonyl (C=O) groups is 1. The first kappa shape index (κ1) is 24.0. The molecule has 0 spiro atoms. The lowest BCUT2D eigenvalue weighted by Gasteiger charge is -2.37. The van der Waals surface area contributed by atoms with Crippen molar-refractivity contribution in [3.05, 3.63) is 0 Å². The minimum absolute atomic E-state index is 0.0596. The first-order valence-electron chi connectivity index (χ1n) is 10.1. The van der Waals surface area contributed by atoms with Gasteiger partial charge in [-0.25, -0.2) is 0 Å². The van der Waals surface area contributed by atoms with Crippen LogP contribution in [0.25, 0.3) is 0 Å². The first-order valence-corrected chi connectivity index (χ1v) is 11.1. The Morgan fingerprint density at radius 1 is 0.917 bits per heavy atom. The van der Waals surface area contributed by atoms with Gasteiger partial charge in [-0.3, -0.25) is 4.79 Å². The van der Waals surface area contributed by atoms with Gasteiger partial charge in [0.15, 0.2) is 5.12 Å². The summed E-state index contributed by atoms with van der Waals surface area (Å²) in [5.74, 6) is 1.23. The van der Waals surface area contributed by atoms with Gasteiger partial charge in [0.2, 0.25) is 0 Å². The van der Waals surface area contributed by atoms with Crippen molar-refractivity contribution in [3.8, 4) is 0 Å². The van der Waals surface area contributed by atoms with Crippen LogP contribution in [0.5, 0.6) is 0 Å². The third-order valence-corrected chi connectivity index (χ3v) is 6.67. The highest BCUT2D eigenvalue weighted by atomic mass is 32.2. The number of hydrogen-bond donors (Lipinski definition) is 0. The summed E-state index contributed by atoms with van der Waals surface area (Å²) in [5, 5.41) is 0.281. The second-order valence-corrected chi connectivity index (χ2v) is 8.71. The van der Waals surface area contributed by atoms with E-state index in [0.717, 1.165) is 12.2 Å². The second-order valence-electron chi connectivity index (χ2n) is 7.61. The molecule has 0 radical (unpaired) electrons. The fraction of sp³-hybridized carbons (Fsp3) is 0.952. The Kier molecular flexibility index (Phi) is 14.2. The highest BCUT2D eigenvalue weighted by Gasteiger charge is 2.38. The molecule has 144 valence electrons. The number of unbranched alkanes of at least 4 members (excludes halogenated alkanes) is 9. The van der Waals surface area contributed by atoms with Crippen molar-refractivity contribution in [1.82, 2.24) is 0 Å². The third-order valence-electron chi connectivity index (χ3n) is 5.54. The Balaban J connectivity index is 3.69. The molecule has 24 heavy (non-hydrogen) atoms. The summed E-state index contributed by atoms with van der Waals surface area (Å²) in [6, 6.07) is 0. The predicted octanol–water partition coefficient (Wildman–Crippen LogP) is 6.86. The zero-order valence-corrected chi connectivity index (χ0v) is 18.0. The fourth-order valence-corrected chi connectivity index (χ4v) is 4.07. The number of carbonyl (C=O) groups excluding carboxylic acids is 1. The summed E-state index contributed by atoms with van der Waals surface area (Å²) in [6.07, 6.45) is 13.4. The van der Waals surface area contributed by atoms with Crippen molar-refractivity contribution in [1.29, 1.82) is 0 Å². The van der Waals surface area contributed by atoms with Gasteiger partial charge in [0.1, 0.15) is 0 Å². The highest BCUT2D eigenvalue weighted by molar-refractivity contribution is 8.13. The highest BCUT2D eigenvalue weighted by Crippen LogP contribution is 2.32. The van der Waals surface area contributed by atoms with Crippen molar-refractivity contribution in [2.24, 2.45) is 11.8 Å². The van der Waals surface area contributed by atoms with Gasteiger partial charge in [0.05, 0.1) is 11.5 Å². The maximum Gasteiger partial charge on any atom is 0.194 e. The molecule has 0 aliphatic carbocycles. The largest absolute Gasteiger partial charge is 0.377 e. The van der Waals surface area contributed by atoms with Crippen molar-refractivity contribution in [2.75, 3.05) is 12.9 Å². The van der Waals surface area contributed by atoms with Gasteiger partial charge in [-0.05, 0) is 19.3 Å². The number of thioether (sulfide) groups is 1. The molecule has 0 unspecified atom stereocenters. The summed E-state index contributed by atoms with van der Waals surface area (Å²) in [5.41, 5.74) is -0.359. The molecule has 0 N–H and O–H groups in total. The van der Waals surface area contributed by atoms with E-state index in [2.05, 4.69) is 27.7 Å². The Morgan fingerprint density at radius 3 is 1.79 bits per heavy atom. The number of ether oxygens (including phenoxy) is 1. The van der Waals surface area contributed by atoms with Crippen molar-refractivity contribution in [2.45, 2.75) is 104 Å². The first-order chi connectivity index (χ1) is 11.4. The van der Waals surface area contributed by atoms with Crippen LogP contribution >= 0.6 is 11.8 Å². The molecule has 0 aromatic heterocycles. The van der Waals surface area contributed by atoms with Crippen LogP contribution in [0.15, 0.2) is 0 Å². The van der Waals surface area contributed by atoms with Gasteiger partial charge < -0.3 is 4.74 Å². The zero-order valence-electron chi connectivity index (χ0n) is 17.2. The van der Waals surface area contributed by atoms with Gasteiger partial charge >= 0.3 is 0 Å². The van der Waals surface area contributed by atoms with E-state index < -0.39 is 0 Å². The lowest BCUT2D eigenvalue weighted by molar-refractivity contribution is -0.129. The van der Waals surface area contributed by atoms with Crippen LogP contribution < -0.4 is 0 Å². The summed E-state index contributed by atoms with van der Waals surface area (Å²) < 4.78 is 5.65. The Hall–Kier alpha value is -0.0200. The number of rotatable bonds is 15. The molecule has 0 aromatic rings. The van der Waals surface area contributed by atoms with E-state index in [4.69, 9.17) is 4.74 Å². The molecule has 0 bridgehead atoms. The molecule has 0 aliphatic heterocycles. The van der Waals surface area contributed by atoms with Gasteiger partial charge in [0.25, 0.3) is 0 Å². The number of hydrogen-bond acceptors (Lipinski definition) is 3. The average Bonchev–Trinajstić information content (AvgIpc) is 2.57. The topological polar surface area (TPSA) is 26.3 Å². The lowest BCUT2D eigenvalue weighted by Crippen LogP contribution is -2.43. The summed E-state index contributed by atoms with van der Waals surface area (Å²) in [7, 11) is 1.72. The third kappa shape index (κ3) is 9.46. The van der Waals surface area contributed by atoms with Crippen molar-refractivity contribution in [3.63, 3.8) is 0 Å². The molecule has 0 aromatic carbocycles. The second kappa shape index (κ2) is 14.2. The van der Waals surface area contributed by atoms with Gasteiger partial charge in [-0.1, -0.05) is 97.2 Å². The smallest absolute Gasteiger partial charge is 0.194 e. The standard InChI is InChI=1S/C21H42O2S/c1-7-8-9-10-11-12-13-14-15-16-17-24-20(22)19(4)21(5,23-6)18(2)3/h18-19H,7-17H2,1-6H3/t19-,21+/m0/s1. The Labute approximate surface area is 155 Å². The zero-order chi connectivity index (χ0) is 18.4. The maximum absolute atomic E-state index is 12.4. The predicted molar refractivity (Wildman–Crippen MR) is 109 cm³/mol. The molecule has 0 amide bonds. The SMILES string of the molecule is CCCCCCCCCCCCSC(=O)[C@H](C)[C@](C)(OC)C(C)C. The monoisotopic (exact) mass is 358 g/mol. The van der Waals surface area contributed by atoms with E-state index in [1.54, 1.807) is 7.11 Å². The van der Waals surface area contributed by atoms with E-state index >= 15 is 0 Å². The summed E-state index contributed by atoms with van der Waals surface area (Å²) in [4.78, 5) is 12.4. The molecular weight excluding hydrogens is 316 g/mol. The molecule has 3 heteroatoms. The van der Waals surface area contributed by atoms with Gasteiger partial charge in [0, 0.05) is 12.9 Å². The van der Waals surface area contributed by atoms with Crippen molar-refractivity contribution < 1.29 is 9.53 Å². The molecular formula is C21H42O2S. The molecule has 2 atom stereocenters. The molecule has 0 aliphatic rings. The fourth-order valence-electron chi connectivity index (χ4n) is 3.03. The van der Waals surface area contributed by atoms with Gasteiger partial charge in [-0.2, -0.15) is 0 Å². The Morgan fingerprint density at radius 2 is 1.38 bits per heavy atom. The quantitative estimate of drug-likeness (QED) is 0.299. The van der Waals surface area contributed by atoms with Crippen LogP contribution in [0, 0.1) is 11.8 Å². The average molecular weight is 359 g/mol. The van der Waals surface area contributed by atoms with E-state index in [1.807, 2.05) is 6.92 Å². The van der Waals surface area contributed by atoms with Crippen LogP contribution in [-0.4, -0.2) is 23.6 Å². The normalized spacial score (nSPS) is 15.5. The molecule has 0 saturated heterocycles. The van der Waals surface area contributed by atoms with E-state index in [9.17, 15) is 4.79 Å². The Bertz CT molecular complexity index is 317. The van der Waals surface area contributed by atoms with Gasteiger partial charge in [-0.15, -0.1) is 0 Å². The van der Waals surface area contributed by atoms with E-state index in [0.29, 0.717) is 5.92 Å². The van der Waals surface area contributed by atoms with Crippen molar-refractivity contribution >= 4 is 16.9 Å². The van der Waals surface area contributed by atoms with Crippen LogP contribution in [0.2, 0.25) is 0 Å². The molecule has 2 nitrogen and oxygen atoms in total.